The van der Waals surface area contributed by atoms with Crippen molar-refractivity contribution in [2.45, 2.75) is 25.5 Å². The van der Waals surface area contributed by atoms with Gasteiger partial charge in [0.15, 0.2) is 5.82 Å². The second kappa shape index (κ2) is 8.89. The normalized spacial score (nSPS) is 22.9. The molecule has 34 heavy (non-hydrogen) atoms. The molecule has 3 fully saturated rings. The molecule has 2 aromatic carbocycles. The maximum absolute atomic E-state index is 12.7. The Bertz CT molecular complexity index is 1130. The lowest BCUT2D eigenvalue weighted by molar-refractivity contribution is 0.0169. The monoisotopic (exact) mass is 458 g/mol. The number of aromatic nitrogens is 2. The molecule has 4 heterocycles. The van der Waals surface area contributed by atoms with Crippen molar-refractivity contribution in [3.8, 4) is 17.0 Å². The largest absolute Gasteiger partial charge is 0.487 e. The minimum atomic E-state index is -0.0894. The Morgan fingerprint density at radius 1 is 1.12 bits per heavy atom. The van der Waals surface area contributed by atoms with Crippen molar-refractivity contribution in [2.75, 3.05) is 39.4 Å². The van der Waals surface area contributed by atoms with Crippen molar-refractivity contribution >= 4 is 5.91 Å². The Morgan fingerprint density at radius 3 is 2.71 bits per heavy atom. The summed E-state index contributed by atoms with van der Waals surface area (Å²) in [4.78, 5) is 24.5. The highest BCUT2D eigenvalue weighted by molar-refractivity contribution is 5.92. The van der Waals surface area contributed by atoms with Crippen molar-refractivity contribution in [3.63, 3.8) is 0 Å². The van der Waals surface area contributed by atoms with Crippen LogP contribution in [0.4, 0.5) is 0 Å². The number of carbonyl (C=O) groups excluding carboxylic acids is 1. The van der Waals surface area contributed by atoms with E-state index in [9.17, 15) is 4.79 Å². The van der Waals surface area contributed by atoms with Crippen LogP contribution >= 0.6 is 0 Å². The van der Waals surface area contributed by atoms with Gasteiger partial charge in [-0.05, 0) is 42.6 Å². The van der Waals surface area contributed by atoms with Crippen LogP contribution in [-0.2, 0) is 11.3 Å². The standard InChI is InChI=1S/C27H30N4O3/c32-26(25-28-14-24(29-25)21-4-2-1-3-5-21)31-16-23(17-31)34-22-8-6-20(7-9-22)15-30-12-10-27(18-30)11-13-33-19-27/h1-9,14,23H,10-13,15-19H2,(H,28,29). The maximum Gasteiger partial charge on any atom is 0.289 e. The number of hydrogen-bond acceptors (Lipinski definition) is 5. The van der Waals surface area contributed by atoms with Crippen LogP contribution in [0.1, 0.15) is 29.0 Å². The molecule has 3 saturated heterocycles. The number of imidazole rings is 1. The molecule has 0 radical (unpaired) electrons. The number of rotatable bonds is 6. The van der Waals surface area contributed by atoms with Crippen LogP contribution in [0.25, 0.3) is 11.3 Å². The Balaban J connectivity index is 0.980. The first-order valence-corrected chi connectivity index (χ1v) is 12.1. The fourth-order valence-corrected chi connectivity index (χ4v) is 5.28. The SMILES string of the molecule is O=C(c1ncc(-c2ccccc2)[nH]1)N1CC(Oc2ccc(CN3CCC4(CCOC4)C3)cc2)C1. The third kappa shape index (κ3) is 4.33. The number of amides is 1. The Labute approximate surface area is 199 Å². The molecule has 176 valence electrons. The summed E-state index contributed by atoms with van der Waals surface area (Å²) in [6, 6.07) is 18.3. The molecular weight excluding hydrogens is 428 g/mol. The molecule has 7 heteroatoms. The Morgan fingerprint density at radius 2 is 1.94 bits per heavy atom. The zero-order valence-electron chi connectivity index (χ0n) is 19.3. The number of carbonyl (C=O) groups is 1. The average molecular weight is 459 g/mol. The molecule has 1 atom stereocenters. The van der Waals surface area contributed by atoms with Gasteiger partial charge in [-0.2, -0.15) is 0 Å². The highest BCUT2D eigenvalue weighted by atomic mass is 16.5. The summed E-state index contributed by atoms with van der Waals surface area (Å²) in [5, 5.41) is 0. The summed E-state index contributed by atoms with van der Waals surface area (Å²) in [5.74, 6) is 1.13. The van der Waals surface area contributed by atoms with Crippen LogP contribution in [-0.4, -0.2) is 71.2 Å². The lowest BCUT2D eigenvalue weighted by atomic mass is 9.87. The molecule has 7 nitrogen and oxygen atoms in total. The number of aromatic amines is 1. The topological polar surface area (TPSA) is 70.7 Å². The van der Waals surface area contributed by atoms with E-state index < -0.39 is 0 Å². The smallest absolute Gasteiger partial charge is 0.289 e. The second-order valence-corrected chi connectivity index (χ2v) is 9.87. The predicted octanol–water partition coefficient (Wildman–Crippen LogP) is 3.59. The van der Waals surface area contributed by atoms with Crippen LogP contribution in [0, 0.1) is 5.41 Å². The van der Waals surface area contributed by atoms with Gasteiger partial charge in [0.25, 0.3) is 5.91 Å². The van der Waals surface area contributed by atoms with Gasteiger partial charge >= 0.3 is 0 Å². The molecule has 3 aromatic rings. The molecule has 0 saturated carbocycles. The fraction of sp³-hybridized carbons (Fsp3) is 0.407. The fourth-order valence-electron chi connectivity index (χ4n) is 5.28. The molecule has 6 rings (SSSR count). The van der Waals surface area contributed by atoms with Crippen molar-refractivity contribution in [1.29, 1.82) is 0 Å². The van der Waals surface area contributed by atoms with Gasteiger partial charge in [0.2, 0.25) is 0 Å². The summed E-state index contributed by atoms with van der Waals surface area (Å²) in [5.41, 5.74) is 3.56. The predicted molar refractivity (Wildman–Crippen MR) is 129 cm³/mol. The summed E-state index contributed by atoms with van der Waals surface area (Å²) in [6.45, 7) is 6.24. The number of hydrogen-bond donors (Lipinski definition) is 1. The number of likely N-dealkylation sites (tertiary alicyclic amines) is 2. The Kier molecular flexibility index (Phi) is 5.59. The molecule has 3 aliphatic rings. The minimum absolute atomic E-state index is 0.0131. The summed E-state index contributed by atoms with van der Waals surface area (Å²) < 4.78 is 11.7. The summed E-state index contributed by atoms with van der Waals surface area (Å²) in [6.07, 6.45) is 4.17. The van der Waals surface area contributed by atoms with Crippen LogP contribution in [0.3, 0.4) is 0 Å². The number of nitrogens with zero attached hydrogens (tertiary/aromatic N) is 3. The lowest BCUT2D eigenvalue weighted by Gasteiger charge is -2.38. The first-order valence-electron chi connectivity index (χ1n) is 12.1. The lowest BCUT2D eigenvalue weighted by Crippen LogP contribution is -2.56. The van der Waals surface area contributed by atoms with E-state index in [1.807, 2.05) is 42.5 Å². The van der Waals surface area contributed by atoms with Crippen LogP contribution in [0.5, 0.6) is 5.75 Å². The number of H-pyrrole nitrogens is 1. The number of ether oxygens (including phenoxy) is 2. The average Bonchev–Trinajstić information content (AvgIpc) is 3.60. The van der Waals surface area contributed by atoms with E-state index in [-0.39, 0.29) is 12.0 Å². The van der Waals surface area contributed by atoms with Crippen molar-refractivity contribution < 1.29 is 14.3 Å². The summed E-state index contributed by atoms with van der Waals surface area (Å²) >= 11 is 0. The molecule has 1 amide bonds. The van der Waals surface area contributed by atoms with Crippen molar-refractivity contribution in [3.05, 3.63) is 72.2 Å². The van der Waals surface area contributed by atoms with Gasteiger partial charge in [-0.15, -0.1) is 0 Å². The third-order valence-corrected chi connectivity index (χ3v) is 7.33. The summed E-state index contributed by atoms with van der Waals surface area (Å²) in [7, 11) is 0. The second-order valence-electron chi connectivity index (χ2n) is 9.87. The van der Waals surface area contributed by atoms with Crippen molar-refractivity contribution in [2.24, 2.45) is 5.41 Å². The molecular formula is C27H30N4O3. The highest BCUT2D eigenvalue weighted by Crippen LogP contribution is 2.38. The maximum atomic E-state index is 12.7. The van der Waals surface area contributed by atoms with Gasteiger partial charge in [0.1, 0.15) is 11.9 Å². The molecule has 1 N–H and O–H groups in total. The number of benzene rings is 2. The number of nitrogens with one attached hydrogen (secondary N) is 1. The van der Waals surface area contributed by atoms with E-state index in [1.54, 1.807) is 11.1 Å². The first-order chi connectivity index (χ1) is 16.7. The quantitative estimate of drug-likeness (QED) is 0.611. The highest BCUT2D eigenvalue weighted by Gasteiger charge is 2.41. The van der Waals surface area contributed by atoms with Crippen molar-refractivity contribution in [1.82, 2.24) is 19.8 Å². The zero-order chi connectivity index (χ0) is 23.0. The first kappa shape index (κ1) is 21.4. The van der Waals surface area contributed by atoms with Crippen LogP contribution in [0.2, 0.25) is 0 Å². The van der Waals surface area contributed by atoms with Gasteiger partial charge in [0.05, 0.1) is 31.6 Å². The van der Waals surface area contributed by atoms with Gasteiger partial charge < -0.3 is 19.4 Å². The zero-order valence-corrected chi connectivity index (χ0v) is 19.3. The van der Waals surface area contributed by atoms with Gasteiger partial charge in [-0.1, -0.05) is 42.5 Å². The van der Waals surface area contributed by atoms with E-state index in [2.05, 4.69) is 27.0 Å². The third-order valence-electron chi connectivity index (χ3n) is 7.33. The molecule has 0 bridgehead atoms. The van der Waals surface area contributed by atoms with Gasteiger partial charge in [-0.3, -0.25) is 9.69 Å². The van der Waals surface area contributed by atoms with Crippen LogP contribution < -0.4 is 4.74 Å². The van der Waals surface area contributed by atoms with E-state index in [1.165, 1.54) is 18.4 Å². The van der Waals surface area contributed by atoms with E-state index >= 15 is 0 Å². The van der Waals surface area contributed by atoms with E-state index in [0.717, 1.165) is 49.9 Å². The molecule has 1 aromatic heterocycles. The molecule has 0 aliphatic carbocycles. The van der Waals surface area contributed by atoms with Crippen LogP contribution in [0.15, 0.2) is 60.8 Å². The minimum Gasteiger partial charge on any atom is -0.487 e. The molecule has 3 aliphatic heterocycles. The van der Waals surface area contributed by atoms with E-state index in [4.69, 9.17) is 9.47 Å². The Hall–Kier alpha value is -3.16. The molecule has 1 spiro atoms. The van der Waals surface area contributed by atoms with Gasteiger partial charge in [0, 0.05) is 25.1 Å². The molecule has 1 unspecified atom stereocenters. The van der Waals surface area contributed by atoms with Gasteiger partial charge in [-0.25, -0.2) is 4.98 Å². The van der Waals surface area contributed by atoms with E-state index in [0.29, 0.717) is 24.3 Å².